The lowest BCUT2D eigenvalue weighted by atomic mass is 10.1. The van der Waals surface area contributed by atoms with Gasteiger partial charge in [0.25, 0.3) is 0 Å². The van der Waals surface area contributed by atoms with E-state index < -0.39 is 24.9 Å². The van der Waals surface area contributed by atoms with Crippen LogP contribution in [0.5, 0.6) is 5.75 Å². The van der Waals surface area contributed by atoms with Crippen LogP contribution in [0.1, 0.15) is 0 Å². The van der Waals surface area contributed by atoms with Crippen molar-refractivity contribution in [3.63, 3.8) is 0 Å². The number of halogens is 1. The monoisotopic (exact) mass is 392 g/mol. The second-order valence-corrected chi connectivity index (χ2v) is 6.66. The summed E-state index contributed by atoms with van der Waals surface area (Å²) in [5, 5.41) is 43.6. The van der Waals surface area contributed by atoms with Crippen LogP contribution in [0.25, 0.3) is 21.8 Å². The lowest BCUT2D eigenvalue weighted by Gasteiger charge is -2.23. The number of aromatic nitrogens is 1. The number of hydrogen-bond acceptors (Lipinski definition) is 7. The number of hydrogen-bond donors (Lipinski definition) is 5. The molecule has 0 radical (unpaired) electrons. The van der Waals surface area contributed by atoms with Gasteiger partial charge in [0.05, 0.1) is 36.5 Å². The average Bonchev–Trinajstić information content (AvgIpc) is 2.69. The zero-order valence-electron chi connectivity index (χ0n) is 14.6. The second-order valence-electron chi connectivity index (χ2n) is 6.22. The van der Waals surface area contributed by atoms with E-state index in [4.69, 9.17) is 21.4 Å². The van der Waals surface area contributed by atoms with Gasteiger partial charge in [-0.3, -0.25) is 0 Å². The van der Waals surface area contributed by atoms with Crippen LogP contribution in [0.3, 0.4) is 0 Å². The number of methoxy groups -OCH3 is 1. The van der Waals surface area contributed by atoms with Crippen LogP contribution >= 0.6 is 11.6 Å². The third-order valence-corrected chi connectivity index (χ3v) is 4.64. The third kappa shape index (κ3) is 4.07. The zero-order valence-corrected chi connectivity index (χ0v) is 15.4. The van der Waals surface area contributed by atoms with Gasteiger partial charge in [-0.15, -0.1) is 0 Å². The van der Waals surface area contributed by atoms with E-state index in [1.807, 2.05) is 18.2 Å². The first-order chi connectivity index (χ1) is 12.9. The number of benzene rings is 2. The molecule has 3 atom stereocenters. The van der Waals surface area contributed by atoms with Gasteiger partial charge in [-0.1, -0.05) is 11.6 Å². The van der Waals surface area contributed by atoms with E-state index in [0.29, 0.717) is 27.5 Å². The van der Waals surface area contributed by atoms with Crippen molar-refractivity contribution in [1.82, 2.24) is 4.98 Å². The van der Waals surface area contributed by atoms with E-state index in [9.17, 15) is 15.3 Å². The molecule has 27 heavy (non-hydrogen) atoms. The van der Waals surface area contributed by atoms with Crippen molar-refractivity contribution in [3.05, 3.63) is 41.4 Å². The van der Waals surface area contributed by atoms with Crippen molar-refractivity contribution in [2.45, 2.75) is 18.3 Å². The van der Waals surface area contributed by atoms with Crippen molar-refractivity contribution < 1.29 is 25.2 Å². The summed E-state index contributed by atoms with van der Waals surface area (Å²) in [6.45, 7) is -0.693. The molecule has 5 N–H and O–H groups in total. The summed E-state index contributed by atoms with van der Waals surface area (Å²) >= 11 is 6.08. The van der Waals surface area contributed by atoms with Crippen LogP contribution in [0.15, 0.2) is 36.4 Å². The van der Waals surface area contributed by atoms with Crippen LogP contribution in [-0.4, -0.2) is 64.0 Å². The predicted molar refractivity (Wildman–Crippen MR) is 104 cm³/mol. The number of ether oxygens (including phenoxy) is 1. The Bertz CT molecular complexity index is 952. The molecule has 0 amide bonds. The minimum absolute atomic E-state index is 0.0493. The molecule has 0 aliphatic rings. The third-order valence-electron chi connectivity index (χ3n) is 4.41. The van der Waals surface area contributed by atoms with Gasteiger partial charge >= 0.3 is 0 Å². The standard InChI is InChI=1S/C19H21ClN2O5/c1-27-11-3-5-14-13(7-11)18(12-4-2-10(20)6-15(12)22-14)21-8-16(24)19(26)17(25)9-23/h2-7,16-17,19,23-26H,8-9H2,1H3,(H,21,22). The van der Waals surface area contributed by atoms with Crippen LogP contribution in [0, 0.1) is 0 Å². The van der Waals surface area contributed by atoms with Crippen molar-refractivity contribution in [2.24, 2.45) is 0 Å². The zero-order chi connectivity index (χ0) is 19.6. The summed E-state index contributed by atoms with van der Waals surface area (Å²) in [5.74, 6) is 0.650. The summed E-state index contributed by atoms with van der Waals surface area (Å²) in [5.41, 5.74) is 2.07. The predicted octanol–water partition coefficient (Wildman–Crippen LogP) is 1.54. The molecule has 0 fully saturated rings. The number of aliphatic hydroxyl groups excluding tert-OH is 4. The maximum absolute atomic E-state index is 10.1. The van der Waals surface area contributed by atoms with E-state index >= 15 is 0 Å². The van der Waals surface area contributed by atoms with Gasteiger partial charge in [-0.05, 0) is 36.4 Å². The first-order valence-electron chi connectivity index (χ1n) is 8.40. The lowest BCUT2D eigenvalue weighted by Crippen LogP contribution is -2.42. The first kappa shape index (κ1) is 19.6. The largest absolute Gasteiger partial charge is 0.497 e. The summed E-state index contributed by atoms with van der Waals surface area (Å²) in [4.78, 5) is 4.61. The number of pyridine rings is 1. The lowest BCUT2D eigenvalue weighted by molar-refractivity contribution is -0.0715. The van der Waals surface area contributed by atoms with Gasteiger partial charge in [0.1, 0.15) is 18.0 Å². The molecule has 1 heterocycles. The number of rotatable bonds is 7. The Labute approximate surface area is 160 Å². The molecule has 0 bridgehead atoms. The Balaban J connectivity index is 2.04. The highest BCUT2D eigenvalue weighted by Gasteiger charge is 2.24. The summed E-state index contributed by atoms with van der Waals surface area (Å²) in [6, 6.07) is 10.7. The summed E-state index contributed by atoms with van der Waals surface area (Å²) in [7, 11) is 1.57. The molecule has 0 aliphatic carbocycles. The molecule has 2 aromatic carbocycles. The number of nitrogens with zero attached hydrogens (tertiary/aromatic N) is 1. The van der Waals surface area contributed by atoms with E-state index in [-0.39, 0.29) is 6.54 Å². The Morgan fingerprint density at radius 2 is 1.81 bits per heavy atom. The van der Waals surface area contributed by atoms with E-state index in [2.05, 4.69) is 10.3 Å². The van der Waals surface area contributed by atoms with Gasteiger partial charge in [0.15, 0.2) is 0 Å². The van der Waals surface area contributed by atoms with Gasteiger partial charge < -0.3 is 30.5 Å². The van der Waals surface area contributed by atoms with Gasteiger partial charge in [0.2, 0.25) is 0 Å². The molecule has 3 rings (SSSR count). The van der Waals surface area contributed by atoms with Gasteiger partial charge in [-0.2, -0.15) is 0 Å². The number of fused-ring (bicyclic) bond motifs is 2. The first-order valence-corrected chi connectivity index (χ1v) is 8.78. The number of aliphatic hydroxyl groups is 4. The molecule has 0 aliphatic heterocycles. The average molecular weight is 393 g/mol. The number of nitrogens with one attached hydrogen (secondary N) is 1. The van der Waals surface area contributed by atoms with Gasteiger partial charge in [0, 0.05) is 22.3 Å². The fourth-order valence-electron chi connectivity index (χ4n) is 2.91. The summed E-state index contributed by atoms with van der Waals surface area (Å²) in [6.07, 6.45) is -4.19. The molecular weight excluding hydrogens is 372 g/mol. The van der Waals surface area contributed by atoms with Crippen molar-refractivity contribution >= 4 is 39.1 Å². The van der Waals surface area contributed by atoms with Crippen LogP contribution in [0.2, 0.25) is 5.02 Å². The normalized spacial score (nSPS) is 14.9. The van der Waals surface area contributed by atoms with E-state index in [0.717, 1.165) is 10.8 Å². The molecule has 0 saturated carbocycles. The fraction of sp³-hybridized carbons (Fsp3) is 0.316. The Hall–Kier alpha value is -2.16. The Morgan fingerprint density at radius 3 is 2.52 bits per heavy atom. The van der Waals surface area contributed by atoms with Crippen molar-refractivity contribution in [2.75, 3.05) is 25.6 Å². The van der Waals surface area contributed by atoms with Gasteiger partial charge in [-0.25, -0.2) is 4.98 Å². The molecule has 3 aromatic rings. The van der Waals surface area contributed by atoms with Crippen LogP contribution < -0.4 is 10.1 Å². The molecule has 7 nitrogen and oxygen atoms in total. The highest BCUT2D eigenvalue weighted by atomic mass is 35.5. The summed E-state index contributed by atoms with van der Waals surface area (Å²) < 4.78 is 5.29. The highest BCUT2D eigenvalue weighted by molar-refractivity contribution is 6.31. The molecule has 144 valence electrons. The highest BCUT2D eigenvalue weighted by Crippen LogP contribution is 2.34. The smallest absolute Gasteiger partial charge is 0.119 e. The van der Waals surface area contributed by atoms with Crippen LogP contribution in [-0.2, 0) is 0 Å². The molecule has 0 spiro atoms. The topological polar surface area (TPSA) is 115 Å². The van der Waals surface area contributed by atoms with Crippen molar-refractivity contribution in [3.8, 4) is 5.75 Å². The minimum atomic E-state index is -1.48. The minimum Gasteiger partial charge on any atom is -0.497 e. The molecule has 3 unspecified atom stereocenters. The molecular formula is C19H21ClN2O5. The van der Waals surface area contributed by atoms with Crippen molar-refractivity contribution in [1.29, 1.82) is 0 Å². The maximum atomic E-state index is 10.1. The fourth-order valence-corrected chi connectivity index (χ4v) is 3.07. The SMILES string of the molecule is COc1ccc2nc3cc(Cl)ccc3c(NCC(O)C(O)C(O)CO)c2c1. The van der Waals surface area contributed by atoms with E-state index in [1.54, 1.807) is 25.3 Å². The molecule has 1 aromatic heterocycles. The molecule has 0 saturated heterocycles. The quantitative estimate of drug-likeness (QED) is 0.387. The van der Waals surface area contributed by atoms with Crippen LogP contribution in [0.4, 0.5) is 5.69 Å². The Morgan fingerprint density at radius 1 is 1.04 bits per heavy atom. The molecule has 8 heteroatoms. The Kier molecular flexibility index (Phi) is 5.98. The number of anilines is 1. The maximum Gasteiger partial charge on any atom is 0.119 e. The second kappa shape index (κ2) is 8.24. The van der Waals surface area contributed by atoms with E-state index in [1.165, 1.54) is 0 Å².